The molecule has 1 rings (SSSR count). The highest BCUT2D eigenvalue weighted by Crippen LogP contribution is 2.12. The molecule has 1 aromatic rings. The molecule has 2 amide bonds. The second-order valence-electron chi connectivity index (χ2n) is 4.97. The van der Waals surface area contributed by atoms with Crippen LogP contribution in [0.15, 0.2) is 18.2 Å². The van der Waals surface area contributed by atoms with Gasteiger partial charge in [0, 0.05) is 31.3 Å². The third kappa shape index (κ3) is 6.31. The zero-order valence-electron chi connectivity index (χ0n) is 12.0. The molecule has 0 aromatic heterocycles. The lowest BCUT2D eigenvalue weighted by atomic mass is 10.2. The van der Waals surface area contributed by atoms with Crippen molar-refractivity contribution in [3.63, 3.8) is 0 Å². The Morgan fingerprint density at radius 3 is 2.38 bits per heavy atom. The number of nitrogens with zero attached hydrogens (tertiary/aromatic N) is 1. The maximum atomic E-state index is 13.0. The first kappa shape index (κ1) is 17.0. The van der Waals surface area contributed by atoms with E-state index in [2.05, 4.69) is 5.32 Å². The van der Waals surface area contributed by atoms with Crippen molar-refractivity contribution in [2.24, 2.45) is 5.73 Å². The minimum absolute atomic E-state index is 0.00827. The fourth-order valence-electron chi connectivity index (χ4n) is 1.67. The summed E-state index contributed by atoms with van der Waals surface area (Å²) in [6, 6.07) is 2.61. The Balaban J connectivity index is 2.51. The number of carbonyl (C=O) groups excluding carboxylic acids is 2. The van der Waals surface area contributed by atoms with E-state index in [0.717, 1.165) is 12.1 Å². The molecule has 0 aliphatic heterocycles. The molecule has 21 heavy (non-hydrogen) atoms. The Labute approximate surface area is 122 Å². The van der Waals surface area contributed by atoms with Gasteiger partial charge in [-0.05, 0) is 25.5 Å². The zero-order chi connectivity index (χ0) is 16.0. The monoisotopic (exact) mass is 299 g/mol. The summed E-state index contributed by atoms with van der Waals surface area (Å²) in [5.41, 5.74) is 5.56. The molecule has 0 bridgehead atoms. The van der Waals surface area contributed by atoms with E-state index in [-0.39, 0.29) is 30.6 Å². The van der Waals surface area contributed by atoms with Crippen molar-refractivity contribution in [1.82, 2.24) is 4.90 Å². The fraction of sp³-hybridized carbons (Fsp3) is 0.429. The molecule has 0 saturated heterocycles. The van der Waals surface area contributed by atoms with Crippen molar-refractivity contribution >= 4 is 17.5 Å². The number of anilines is 1. The number of benzene rings is 1. The van der Waals surface area contributed by atoms with E-state index < -0.39 is 17.5 Å². The van der Waals surface area contributed by atoms with Crippen molar-refractivity contribution in [2.45, 2.75) is 25.8 Å². The highest BCUT2D eigenvalue weighted by atomic mass is 19.1. The van der Waals surface area contributed by atoms with Crippen LogP contribution in [-0.2, 0) is 9.59 Å². The van der Waals surface area contributed by atoms with E-state index in [4.69, 9.17) is 5.73 Å². The highest BCUT2D eigenvalue weighted by Gasteiger charge is 2.14. The van der Waals surface area contributed by atoms with Gasteiger partial charge in [0.15, 0.2) is 0 Å². The molecule has 0 saturated carbocycles. The second kappa shape index (κ2) is 7.68. The van der Waals surface area contributed by atoms with Crippen molar-refractivity contribution in [3.05, 3.63) is 29.8 Å². The maximum Gasteiger partial charge on any atom is 0.243 e. The van der Waals surface area contributed by atoms with Crippen LogP contribution in [0.25, 0.3) is 0 Å². The molecule has 0 aliphatic carbocycles. The molecule has 0 aliphatic rings. The highest BCUT2D eigenvalue weighted by molar-refractivity contribution is 5.94. The summed E-state index contributed by atoms with van der Waals surface area (Å²) in [6.07, 6.45) is 0.774. The molecule has 0 fully saturated rings. The molecule has 3 N–H and O–H groups in total. The molecule has 0 radical (unpaired) electrons. The van der Waals surface area contributed by atoms with Gasteiger partial charge in [-0.25, -0.2) is 8.78 Å². The summed E-state index contributed by atoms with van der Waals surface area (Å²) in [4.78, 5) is 24.7. The van der Waals surface area contributed by atoms with Gasteiger partial charge in [-0.15, -0.1) is 0 Å². The molecule has 1 unspecified atom stereocenters. The summed E-state index contributed by atoms with van der Waals surface area (Å²) in [5, 5.41) is 2.34. The van der Waals surface area contributed by atoms with Crippen molar-refractivity contribution < 1.29 is 18.4 Å². The first-order chi connectivity index (χ1) is 9.77. The van der Waals surface area contributed by atoms with E-state index in [1.54, 1.807) is 6.92 Å². The van der Waals surface area contributed by atoms with Gasteiger partial charge >= 0.3 is 0 Å². The van der Waals surface area contributed by atoms with Crippen LogP contribution >= 0.6 is 0 Å². The third-order valence-electron chi connectivity index (χ3n) is 2.77. The topological polar surface area (TPSA) is 75.4 Å². The van der Waals surface area contributed by atoms with E-state index in [0.29, 0.717) is 12.5 Å². The van der Waals surface area contributed by atoms with Gasteiger partial charge in [0.05, 0.1) is 6.54 Å². The molecule has 1 aromatic carbocycles. The van der Waals surface area contributed by atoms with Crippen molar-refractivity contribution in [1.29, 1.82) is 0 Å². The molecule has 7 heteroatoms. The number of likely N-dealkylation sites (N-methyl/N-ethyl adjacent to an activating group) is 1. The van der Waals surface area contributed by atoms with Crippen LogP contribution < -0.4 is 11.1 Å². The Kier molecular flexibility index (Phi) is 6.23. The first-order valence-electron chi connectivity index (χ1n) is 6.53. The van der Waals surface area contributed by atoms with Gasteiger partial charge in [0.2, 0.25) is 11.8 Å². The smallest absolute Gasteiger partial charge is 0.243 e. The average molecular weight is 299 g/mol. The van der Waals surface area contributed by atoms with Gasteiger partial charge in [0.1, 0.15) is 11.6 Å². The van der Waals surface area contributed by atoms with Crippen LogP contribution in [0.3, 0.4) is 0 Å². The number of hydrogen-bond acceptors (Lipinski definition) is 3. The van der Waals surface area contributed by atoms with Crippen LogP contribution in [0.4, 0.5) is 14.5 Å². The van der Waals surface area contributed by atoms with Crippen molar-refractivity contribution in [2.75, 3.05) is 18.9 Å². The van der Waals surface area contributed by atoms with Gasteiger partial charge in [0.25, 0.3) is 0 Å². The summed E-state index contributed by atoms with van der Waals surface area (Å²) < 4.78 is 26.0. The Hall–Kier alpha value is -2.02. The first-order valence-corrected chi connectivity index (χ1v) is 6.53. The minimum Gasteiger partial charge on any atom is -0.336 e. The number of carbonyl (C=O) groups is 2. The summed E-state index contributed by atoms with van der Waals surface area (Å²) in [5.74, 6) is -2.32. The van der Waals surface area contributed by atoms with Gasteiger partial charge < -0.3 is 16.0 Å². The lowest BCUT2D eigenvalue weighted by molar-refractivity contribution is -0.133. The van der Waals surface area contributed by atoms with E-state index in [1.807, 2.05) is 0 Å². The molecule has 0 spiro atoms. The predicted molar refractivity (Wildman–Crippen MR) is 75.5 cm³/mol. The number of hydrogen-bond donors (Lipinski definition) is 2. The van der Waals surface area contributed by atoms with Crippen LogP contribution in [-0.4, -0.2) is 36.3 Å². The van der Waals surface area contributed by atoms with Gasteiger partial charge in [-0.2, -0.15) is 0 Å². The van der Waals surface area contributed by atoms with Crippen LogP contribution in [0, 0.1) is 11.6 Å². The number of nitrogens with two attached hydrogens (primary N) is 1. The van der Waals surface area contributed by atoms with E-state index in [1.165, 1.54) is 11.9 Å². The normalized spacial score (nSPS) is 11.9. The van der Waals surface area contributed by atoms with Crippen LogP contribution in [0.2, 0.25) is 0 Å². The number of nitrogens with one attached hydrogen (secondary N) is 1. The standard InChI is InChI=1S/C14H19F2N3O2/c1-9(17)3-4-14(21)19(2)8-13(20)18-12-6-10(15)5-11(16)7-12/h5-7,9H,3-4,8,17H2,1-2H3,(H,18,20). The summed E-state index contributed by atoms with van der Waals surface area (Å²) >= 11 is 0. The fourth-order valence-corrected chi connectivity index (χ4v) is 1.67. The lowest BCUT2D eigenvalue weighted by Crippen LogP contribution is -2.35. The molecule has 1 atom stereocenters. The van der Waals surface area contributed by atoms with Gasteiger partial charge in [-0.1, -0.05) is 0 Å². The summed E-state index contributed by atoms with van der Waals surface area (Å²) in [7, 11) is 1.48. The van der Waals surface area contributed by atoms with Crippen molar-refractivity contribution in [3.8, 4) is 0 Å². The quantitative estimate of drug-likeness (QED) is 0.835. The second-order valence-corrected chi connectivity index (χ2v) is 4.97. The third-order valence-corrected chi connectivity index (χ3v) is 2.77. The molecular formula is C14H19F2N3O2. The SMILES string of the molecule is CC(N)CCC(=O)N(C)CC(=O)Nc1cc(F)cc(F)c1. The Morgan fingerprint density at radius 1 is 1.29 bits per heavy atom. The summed E-state index contributed by atoms with van der Waals surface area (Å²) in [6.45, 7) is 1.59. The minimum atomic E-state index is -0.785. The van der Waals surface area contributed by atoms with Crippen LogP contribution in [0.5, 0.6) is 0 Å². The van der Waals surface area contributed by atoms with Gasteiger partial charge in [-0.3, -0.25) is 9.59 Å². The van der Waals surface area contributed by atoms with E-state index in [9.17, 15) is 18.4 Å². The lowest BCUT2D eigenvalue weighted by Gasteiger charge is -2.17. The molecule has 5 nitrogen and oxygen atoms in total. The number of halogens is 2. The zero-order valence-corrected chi connectivity index (χ0v) is 12.0. The average Bonchev–Trinajstić information content (AvgIpc) is 2.34. The molecular weight excluding hydrogens is 280 g/mol. The largest absolute Gasteiger partial charge is 0.336 e. The van der Waals surface area contributed by atoms with E-state index >= 15 is 0 Å². The van der Waals surface area contributed by atoms with Crippen LogP contribution in [0.1, 0.15) is 19.8 Å². The number of amides is 2. The molecule has 116 valence electrons. The Bertz CT molecular complexity index is 501. The maximum absolute atomic E-state index is 13.0. The predicted octanol–water partition coefficient (Wildman–Crippen LogP) is 1.49. The number of rotatable bonds is 6. The molecule has 0 heterocycles. The Morgan fingerprint density at radius 2 is 1.86 bits per heavy atom.